The molecule has 1 heterocycles. The molecule has 20 heavy (non-hydrogen) atoms. The van der Waals surface area contributed by atoms with Crippen LogP contribution in [-0.4, -0.2) is 37.2 Å². The molecule has 0 aliphatic carbocycles. The summed E-state index contributed by atoms with van der Waals surface area (Å²) in [5.74, 6) is 1.39. The third kappa shape index (κ3) is 4.05. The number of hydrogen-bond acceptors (Lipinski definition) is 3. The number of carbonyl (C=O) groups is 1. The molecule has 1 aromatic rings. The second kappa shape index (κ2) is 7.03. The van der Waals surface area contributed by atoms with E-state index in [0.717, 1.165) is 31.8 Å². The number of hydrogen-bond donors (Lipinski definition) is 2. The second-order valence-corrected chi connectivity index (χ2v) is 5.29. The third-order valence-corrected chi connectivity index (χ3v) is 3.63. The number of rotatable bonds is 4. The Labute approximate surface area is 120 Å². The Balaban J connectivity index is 1.66. The van der Waals surface area contributed by atoms with Crippen molar-refractivity contribution in [2.24, 2.45) is 5.92 Å². The van der Waals surface area contributed by atoms with E-state index in [2.05, 4.69) is 12.2 Å². The number of nitrogens with zero attached hydrogens (tertiary/aromatic N) is 1. The molecule has 5 heteroatoms. The van der Waals surface area contributed by atoms with Crippen LogP contribution in [-0.2, 0) is 0 Å². The fourth-order valence-electron chi connectivity index (χ4n) is 2.25. The van der Waals surface area contributed by atoms with Crippen LogP contribution in [0, 0.1) is 5.92 Å². The highest BCUT2D eigenvalue weighted by Gasteiger charge is 2.19. The highest BCUT2D eigenvalue weighted by Crippen LogP contribution is 2.19. The minimum absolute atomic E-state index is 0.00142. The molecule has 1 saturated heterocycles. The second-order valence-electron chi connectivity index (χ2n) is 5.29. The number of nitrogen functional groups attached to an aromatic ring is 1. The summed E-state index contributed by atoms with van der Waals surface area (Å²) in [6.45, 7) is 4.83. The molecule has 2 amide bonds. The highest BCUT2D eigenvalue weighted by molar-refractivity contribution is 5.74. The molecular formula is C15H23N3O2. The van der Waals surface area contributed by atoms with Crippen molar-refractivity contribution in [1.82, 2.24) is 10.2 Å². The van der Waals surface area contributed by atoms with Gasteiger partial charge >= 0.3 is 6.03 Å². The zero-order chi connectivity index (χ0) is 14.4. The number of likely N-dealkylation sites (tertiary alicyclic amines) is 1. The van der Waals surface area contributed by atoms with Gasteiger partial charge in [0.15, 0.2) is 0 Å². The number of nitrogens with one attached hydrogen (secondary N) is 1. The molecule has 0 spiro atoms. The number of nitrogens with two attached hydrogens (primary N) is 1. The molecule has 1 aliphatic rings. The van der Waals surface area contributed by atoms with Gasteiger partial charge in [-0.05, 0) is 30.9 Å². The summed E-state index contributed by atoms with van der Waals surface area (Å²) in [7, 11) is 0. The molecule has 0 atom stereocenters. The van der Waals surface area contributed by atoms with Gasteiger partial charge in [-0.1, -0.05) is 19.1 Å². The number of benzene rings is 1. The van der Waals surface area contributed by atoms with Gasteiger partial charge in [0.25, 0.3) is 0 Å². The zero-order valence-corrected chi connectivity index (χ0v) is 12.0. The summed E-state index contributed by atoms with van der Waals surface area (Å²) in [6.07, 6.45) is 2.18. The molecule has 0 bridgehead atoms. The topological polar surface area (TPSA) is 67.6 Å². The van der Waals surface area contributed by atoms with E-state index in [9.17, 15) is 4.79 Å². The quantitative estimate of drug-likeness (QED) is 0.654. The smallest absolute Gasteiger partial charge is 0.317 e. The first kappa shape index (κ1) is 14.5. The predicted molar refractivity (Wildman–Crippen MR) is 79.7 cm³/mol. The molecule has 3 N–H and O–H groups in total. The molecule has 0 unspecified atom stereocenters. The van der Waals surface area contributed by atoms with Crippen LogP contribution in [0.25, 0.3) is 0 Å². The highest BCUT2D eigenvalue weighted by atomic mass is 16.5. The predicted octanol–water partition coefficient (Wildman–Crippen LogP) is 2.09. The summed E-state index contributed by atoms with van der Waals surface area (Å²) in [5.41, 5.74) is 6.39. The van der Waals surface area contributed by atoms with Crippen molar-refractivity contribution in [3.63, 3.8) is 0 Å². The first-order valence-corrected chi connectivity index (χ1v) is 7.17. The number of piperidine rings is 1. The Hall–Kier alpha value is -1.91. The van der Waals surface area contributed by atoms with E-state index in [0.29, 0.717) is 24.6 Å². The minimum Gasteiger partial charge on any atom is -0.490 e. The number of ether oxygens (including phenoxy) is 1. The van der Waals surface area contributed by atoms with E-state index in [-0.39, 0.29) is 6.03 Å². The van der Waals surface area contributed by atoms with Gasteiger partial charge in [-0.2, -0.15) is 0 Å². The zero-order valence-electron chi connectivity index (χ0n) is 12.0. The van der Waals surface area contributed by atoms with Gasteiger partial charge in [0.05, 0.1) is 12.2 Å². The maximum atomic E-state index is 11.9. The van der Waals surface area contributed by atoms with Crippen LogP contribution in [0.5, 0.6) is 5.75 Å². The lowest BCUT2D eigenvalue weighted by Gasteiger charge is -2.30. The molecule has 2 rings (SSSR count). The van der Waals surface area contributed by atoms with Crippen molar-refractivity contribution < 1.29 is 9.53 Å². The Morgan fingerprint density at radius 3 is 2.80 bits per heavy atom. The Morgan fingerprint density at radius 1 is 1.40 bits per heavy atom. The van der Waals surface area contributed by atoms with E-state index in [1.54, 1.807) is 6.07 Å². The van der Waals surface area contributed by atoms with Crippen molar-refractivity contribution in [2.75, 3.05) is 32.0 Å². The fraction of sp³-hybridized carbons (Fsp3) is 0.533. The van der Waals surface area contributed by atoms with Gasteiger partial charge in [0, 0.05) is 13.1 Å². The Morgan fingerprint density at radius 2 is 2.10 bits per heavy atom. The number of anilines is 1. The van der Waals surface area contributed by atoms with Gasteiger partial charge in [0.2, 0.25) is 0 Å². The molecule has 0 saturated carbocycles. The maximum absolute atomic E-state index is 11.9. The lowest BCUT2D eigenvalue weighted by molar-refractivity contribution is 0.172. The average molecular weight is 277 g/mol. The Bertz CT molecular complexity index is 442. The van der Waals surface area contributed by atoms with Crippen LogP contribution < -0.4 is 15.8 Å². The fourth-order valence-corrected chi connectivity index (χ4v) is 2.25. The minimum atomic E-state index is 0.00142. The van der Waals surface area contributed by atoms with Crippen molar-refractivity contribution in [3.05, 3.63) is 24.3 Å². The van der Waals surface area contributed by atoms with E-state index < -0.39 is 0 Å². The van der Waals surface area contributed by atoms with Gasteiger partial charge < -0.3 is 20.7 Å². The van der Waals surface area contributed by atoms with E-state index in [4.69, 9.17) is 10.5 Å². The Kier molecular flexibility index (Phi) is 5.09. The monoisotopic (exact) mass is 277 g/mol. The van der Waals surface area contributed by atoms with E-state index in [1.807, 2.05) is 23.1 Å². The van der Waals surface area contributed by atoms with Crippen LogP contribution in [0.3, 0.4) is 0 Å². The summed E-state index contributed by atoms with van der Waals surface area (Å²) in [4.78, 5) is 13.8. The number of urea groups is 1. The maximum Gasteiger partial charge on any atom is 0.317 e. The van der Waals surface area contributed by atoms with Crippen LogP contribution in [0.4, 0.5) is 10.5 Å². The average Bonchev–Trinajstić information content (AvgIpc) is 2.46. The molecular weight excluding hydrogens is 254 g/mol. The van der Waals surface area contributed by atoms with Crippen LogP contribution in [0.15, 0.2) is 24.3 Å². The van der Waals surface area contributed by atoms with Crippen molar-refractivity contribution in [1.29, 1.82) is 0 Å². The summed E-state index contributed by atoms with van der Waals surface area (Å²) >= 11 is 0. The molecule has 5 nitrogen and oxygen atoms in total. The third-order valence-electron chi connectivity index (χ3n) is 3.63. The molecule has 1 fully saturated rings. The van der Waals surface area contributed by atoms with E-state index >= 15 is 0 Å². The first-order chi connectivity index (χ1) is 9.66. The van der Waals surface area contributed by atoms with Crippen molar-refractivity contribution in [3.8, 4) is 5.75 Å². The number of para-hydroxylation sites is 2. The van der Waals surface area contributed by atoms with Gasteiger partial charge in [-0.25, -0.2) is 4.79 Å². The molecule has 110 valence electrons. The van der Waals surface area contributed by atoms with E-state index in [1.165, 1.54) is 0 Å². The number of carbonyl (C=O) groups excluding carboxylic acids is 1. The largest absolute Gasteiger partial charge is 0.490 e. The SMILES string of the molecule is CC1CCN(C(=O)NCCOc2ccccc2N)CC1. The molecule has 1 aliphatic heterocycles. The summed E-state index contributed by atoms with van der Waals surface area (Å²) in [5, 5.41) is 2.88. The van der Waals surface area contributed by atoms with Gasteiger partial charge in [-0.3, -0.25) is 0 Å². The van der Waals surface area contributed by atoms with Crippen LogP contribution in [0.1, 0.15) is 19.8 Å². The molecule has 0 radical (unpaired) electrons. The molecule has 0 aromatic heterocycles. The standard InChI is InChI=1S/C15H23N3O2/c1-12-6-9-18(10-7-12)15(19)17-8-11-20-14-5-3-2-4-13(14)16/h2-5,12H,6-11,16H2,1H3,(H,17,19). The lowest BCUT2D eigenvalue weighted by Crippen LogP contribution is -2.45. The van der Waals surface area contributed by atoms with Crippen LogP contribution in [0.2, 0.25) is 0 Å². The van der Waals surface area contributed by atoms with Crippen molar-refractivity contribution >= 4 is 11.7 Å². The lowest BCUT2D eigenvalue weighted by atomic mass is 10.00. The van der Waals surface area contributed by atoms with Crippen molar-refractivity contribution in [2.45, 2.75) is 19.8 Å². The first-order valence-electron chi connectivity index (χ1n) is 7.17. The van der Waals surface area contributed by atoms with Crippen LogP contribution >= 0.6 is 0 Å². The summed E-state index contributed by atoms with van der Waals surface area (Å²) < 4.78 is 5.53. The van der Waals surface area contributed by atoms with Gasteiger partial charge in [0.1, 0.15) is 12.4 Å². The molecule has 1 aromatic carbocycles. The normalized spacial score (nSPS) is 15.9. The van der Waals surface area contributed by atoms with Gasteiger partial charge in [-0.15, -0.1) is 0 Å². The summed E-state index contributed by atoms with van der Waals surface area (Å²) in [6, 6.07) is 7.36. The number of amides is 2.